The minimum atomic E-state index is -0.426. The van der Waals surface area contributed by atoms with Gasteiger partial charge in [-0.15, -0.1) is 0 Å². The minimum absolute atomic E-state index is 0.000453. The predicted molar refractivity (Wildman–Crippen MR) is 75.8 cm³/mol. The second-order valence-corrected chi connectivity index (χ2v) is 5.15. The highest BCUT2D eigenvalue weighted by molar-refractivity contribution is 5.77. The summed E-state index contributed by atoms with van der Waals surface area (Å²) in [5, 5.41) is 10.1. The molecule has 0 aliphatic carbocycles. The Labute approximate surface area is 114 Å². The Bertz CT molecular complexity index is 440. The van der Waals surface area contributed by atoms with Crippen LogP contribution in [-0.2, 0) is 4.79 Å². The molecular weight excluding hydrogens is 240 g/mol. The molecule has 0 bridgehead atoms. The van der Waals surface area contributed by atoms with Gasteiger partial charge in [-0.1, -0.05) is 25.1 Å². The number of piperidine rings is 1. The fraction of sp³-hybridized carbons (Fsp3) is 0.533. The first-order valence-corrected chi connectivity index (χ1v) is 6.94. The lowest BCUT2D eigenvalue weighted by Crippen LogP contribution is -2.39. The van der Waals surface area contributed by atoms with Crippen LogP contribution in [0.4, 0.5) is 5.69 Å². The number of carbonyl (C=O) groups excluding carboxylic acids is 1. The zero-order valence-electron chi connectivity index (χ0n) is 11.4. The van der Waals surface area contributed by atoms with E-state index in [0.29, 0.717) is 6.42 Å². The van der Waals surface area contributed by atoms with Crippen LogP contribution in [0.25, 0.3) is 0 Å². The molecule has 0 radical (unpaired) electrons. The van der Waals surface area contributed by atoms with Crippen LogP contribution >= 0.6 is 0 Å². The van der Waals surface area contributed by atoms with Gasteiger partial charge in [-0.2, -0.15) is 0 Å². The number of nitrogens with two attached hydrogens (primary N) is 1. The molecule has 0 unspecified atom stereocenters. The summed E-state index contributed by atoms with van der Waals surface area (Å²) in [5.41, 5.74) is 7.41. The third kappa shape index (κ3) is 3.07. The summed E-state index contributed by atoms with van der Waals surface area (Å²) in [4.78, 5) is 13.4. The molecule has 1 heterocycles. The molecule has 19 heavy (non-hydrogen) atoms. The second kappa shape index (κ2) is 6.06. The number of benzene rings is 1. The van der Waals surface area contributed by atoms with Gasteiger partial charge in [0.25, 0.3) is 0 Å². The summed E-state index contributed by atoms with van der Waals surface area (Å²) in [6.45, 7) is 3.61. The number of aliphatic hydroxyl groups excluding tert-OH is 1. The van der Waals surface area contributed by atoms with Crippen molar-refractivity contribution in [3.8, 4) is 0 Å². The van der Waals surface area contributed by atoms with Crippen LogP contribution in [0.1, 0.15) is 37.9 Å². The Morgan fingerprint density at radius 3 is 2.63 bits per heavy atom. The maximum absolute atomic E-state index is 11.2. The molecule has 4 heteroatoms. The standard InChI is InChI=1S/C15H22N2O2/c1-2-14(18)12-5-3-4-6-13(12)17-9-7-11(8-10-17)15(16)19/h3-6,11,14,18H,2,7-10H2,1H3,(H2,16,19)/t14-/m0/s1. The normalized spacial score (nSPS) is 18.3. The van der Waals surface area contributed by atoms with Crippen molar-refractivity contribution in [3.05, 3.63) is 29.8 Å². The summed E-state index contributed by atoms with van der Waals surface area (Å²) in [6, 6.07) is 7.96. The number of para-hydroxylation sites is 1. The molecule has 1 amide bonds. The molecule has 0 spiro atoms. The number of hydrogen-bond acceptors (Lipinski definition) is 3. The molecule has 3 N–H and O–H groups in total. The third-order valence-electron chi connectivity index (χ3n) is 3.92. The van der Waals surface area contributed by atoms with Gasteiger partial charge in [-0.3, -0.25) is 4.79 Å². The van der Waals surface area contributed by atoms with E-state index >= 15 is 0 Å². The highest BCUT2D eigenvalue weighted by Gasteiger charge is 2.25. The summed E-state index contributed by atoms with van der Waals surface area (Å²) in [6.07, 6.45) is 1.87. The Morgan fingerprint density at radius 1 is 1.42 bits per heavy atom. The van der Waals surface area contributed by atoms with E-state index < -0.39 is 6.10 Å². The second-order valence-electron chi connectivity index (χ2n) is 5.15. The van der Waals surface area contributed by atoms with Crippen molar-refractivity contribution in [2.45, 2.75) is 32.3 Å². The molecule has 104 valence electrons. The summed E-state index contributed by atoms with van der Waals surface area (Å²) < 4.78 is 0. The van der Waals surface area contributed by atoms with Crippen LogP contribution < -0.4 is 10.6 Å². The van der Waals surface area contributed by atoms with Gasteiger partial charge in [0.2, 0.25) is 5.91 Å². The first kappa shape index (κ1) is 13.9. The average Bonchev–Trinajstić information content (AvgIpc) is 2.46. The number of rotatable bonds is 4. The Morgan fingerprint density at radius 2 is 2.05 bits per heavy atom. The van der Waals surface area contributed by atoms with E-state index in [9.17, 15) is 9.90 Å². The van der Waals surface area contributed by atoms with Gasteiger partial charge in [-0.05, 0) is 25.3 Å². The van der Waals surface area contributed by atoms with Crippen molar-refractivity contribution < 1.29 is 9.90 Å². The molecule has 1 atom stereocenters. The number of aliphatic hydroxyl groups is 1. The lowest BCUT2D eigenvalue weighted by Gasteiger charge is -2.34. The highest BCUT2D eigenvalue weighted by atomic mass is 16.3. The average molecular weight is 262 g/mol. The van der Waals surface area contributed by atoms with Crippen molar-refractivity contribution in [1.29, 1.82) is 0 Å². The van der Waals surface area contributed by atoms with Crippen molar-refractivity contribution in [2.24, 2.45) is 11.7 Å². The van der Waals surface area contributed by atoms with Crippen molar-refractivity contribution in [3.63, 3.8) is 0 Å². The first-order valence-electron chi connectivity index (χ1n) is 6.94. The van der Waals surface area contributed by atoms with Crippen LogP contribution in [-0.4, -0.2) is 24.1 Å². The molecule has 0 saturated carbocycles. The number of amides is 1. The van der Waals surface area contributed by atoms with Gasteiger partial charge in [-0.25, -0.2) is 0 Å². The number of nitrogens with zero attached hydrogens (tertiary/aromatic N) is 1. The van der Waals surface area contributed by atoms with Gasteiger partial charge >= 0.3 is 0 Å². The molecule has 1 saturated heterocycles. The van der Waals surface area contributed by atoms with Crippen molar-refractivity contribution >= 4 is 11.6 Å². The van der Waals surface area contributed by atoms with E-state index in [0.717, 1.165) is 37.2 Å². The first-order chi connectivity index (χ1) is 9.13. The number of hydrogen-bond donors (Lipinski definition) is 2. The van der Waals surface area contributed by atoms with Crippen LogP contribution in [0.2, 0.25) is 0 Å². The molecule has 0 aromatic heterocycles. The van der Waals surface area contributed by atoms with Crippen LogP contribution in [0, 0.1) is 5.92 Å². The molecule has 1 fully saturated rings. The predicted octanol–water partition coefficient (Wildman–Crippen LogP) is 1.83. The number of primary amides is 1. The summed E-state index contributed by atoms with van der Waals surface area (Å²) in [5.74, 6) is -0.193. The minimum Gasteiger partial charge on any atom is -0.388 e. The zero-order chi connectivity index (χ0) is 13.8. The Kier molecular flexibility index (Phi) is 4.43. The summed E-state index contributed by atoms with van der Waals surface area (Å²) in [7, 11) is 0. The van der Waals surface area contributed by atoms with Gasteiger partial charge in [0, 0.05) is 30.3 Å². The molecule has 1 aliphatic heterocycles. The fourth-order valence-corrected chi connectivity index (χ4v) is 2.68. The zero-order valence-corrected chi connectivity index (χ0v) is 11.4. The Hall–Kier alpha value is -1.55. The molecular formula is C15H22N2O2. The van der Waals surface area contributed by atoms with E-state index in [1.807, 2.05) is 31.2 Å². The van der Waals surface area contributed by atoms with E-state index in [-0.39, 0.29) is 11.8 Å². The third-order valence-corrected chi connectivity index (χ3v) is 3.92. The molecule has 1 aromatic rings. The van der Waals surface area contributed by atoms with E-state index in [2.05, 4.69) is 4.90 Å². The smallest absolute Gasteiger partial charge is 0.220 e. The maximum Gasteiger partial charge on any atom is 0.220 e. The largest absolute Gasteiger partial charge is 0.388 e. The van der Waals surface area contributed by atoms with Crippen LogP contribution in [0.5, 0.6) is 0 Å². The molecule has 1 aromatic carbocycles. The van der Waals surface area contributed by atoms with Crippen LogP contribution in [0.3, 0.4) is 0 Å². The quantitative estimate of drug-likeness (QED) is 0.870. The van der Waals surface area contributed by atoms with Gasteiger partial charge < -0.3 is 15.7 Å². The lowest BCUT2D eigenvalue weighted by molar-refractivity contribution is -0.122. The van der Waals surface area contributed by atoms with Crippen molar-refractivity contribution in [2.75, 3.05) is 18.0 Å². The Balaban J connectivity index is 2.13. The van der Waals surface area contributed by atoms with Crippen LogP contribution in [0.15, 0.2) is 24.3 Å². The molecule has 2 rings (SSSR count). The molecule has 1 aliphatic rings. The van der Waals surface area contributed by atoms with E-state index in [1.54, 1.807) is 0 Å². The van der Waals surface area contributed by atoms with E-state index in [1.165, 1.54) is 0 Å². The fourth-order valence-electron chi connectivity index (χ4n) is 2.68. The summed E-state index contributed by atoms with van der Waals surface area (Å²) >= 11 is 0. The van der Waals surface area contributed by atoms with E-state index in [4.69, 9.17) is 5.73 Å². The highest BCUT2D eigenvalue weighted by Crippen LogP contribution is 2.31. The molecule has 4 nitrogen and oxygen atoms in total. The van der Waals surface area contributed by atoms with Gasteiger partial charge in [0.1, 0.15) is 0 Å². The number of anilines is 1. The monoisotopic (exact) mass is 262 g/mol. The lowest BCUT2D eigenvalue weighted by atomic mass is 9.94. The van der Waals surface area contributed by atoms with Gasteiger partial charge in [0.05, 0.1) is 6.10 Å². The van der Waals surface area contributed by atoms with Gasteiger partial charge in [0.15, 0.2) is 0 Å². The van der Waals surface area contributed by atoms with Crippen molar-refractivity contribution in [1.82, 2.24) is 0 Å². The number of carbonyl (C=O) groups is 1. The SMILES string of the molecule is CC[C@H](O)c1ccccc1N1CCC(C(N)=O)CC1. The topological polar surface area (TPSA) is 66.6 Å². The maximum atomic E-state index is 11.2.